The molecular formula is C9H11O5P. The summed E-state index contributed by atoms with van der Waals surface area (Å²) >= 11 is 0. The third-order valence-electron chi connectivity index (χ3n) is 1.99. The first kappa shape index (κ1) is 10.6. The van der Waals surface area contributed by atoms with Gasteiger partial charge >= 0.3 is 7.82 Å². The van der Waals surface area contributed by atoms with E-state index in [1.54, 1.807) is 12.1 Å². The minimum Gasteiger partial charge on any atom is -0.404 e. The molecule has 1 heterocycles. The Hall–Kier alpha value is -0.870. The molecule has 0 radical (unpaired) electrons. The van der Waals surface area contributed by atoms with Crippen molar-refractivity contribution in [3.05, 3.63) is 29.8 Å². The minimum absolute atomic E-state index is 0.182. The Balaban J connectivity index is 2.07. The van der Waals surface area contributed by atoms with Crippen molar-refractivity contribution >= 4 is 7.82 Å². The fourth-order valence-electron chi connectivity index (χ4n) is 1.32. The van der Waals surface area contributed by atoms with Gasteiger partial charge in [-0.3, -0.25) is 9.79 Å². The van der Waals surface area contributed by atoms with Gasteiger partial charge in [-0.15, -0.1) is 0 Å². The standard InChI is InChI=1S/C9H11O5P/c10-15(11,12)14-8-3-1-2-7(4-8)5-9-6-13-9/h1-4,9H,5-6H2,(H2,10,11,12). The van der Waals surface area contributed by atoms with Crippen LogP contribution < -0.4 is 4.52 Å². The van der Waals surface area contributed by atoms with Crippen molar-refractivity contribution in [2.75, 3.05) is 6.61 Å². The van der Waals surface area contributed by atoms with Crippen LogP contribution in [0.2, 0.25) is 0 Å². The quantitative estimate of drug-likeness (QED) is 0.598. The monoisotopic (exact) mass is 230 g/mol. The number of benzene rings is 1. The van der Waals surface area contributed by atoms with Crippen molar-refractivity contribution in [1.82, 2.24) is 0 Å². The number of hydrogen-bond donors (Lipinski definition) is 2. The summed E-state index contributed by atoms with van der Waals surface area (Å²) in [6.45, 7) is 0.754. The summed E-state index contributed by atoms with van der Waals surface area (Å²) in [6.07, 6.45) is 0.994. The first-order valence-electron chi connectivity index (χ1n) is 4.49. The summed E-state index contributed by atoms with van der Waals surface area (Å²) in [4.78, 5) is 17.2. The Bertz CT molecular complexity index is 395. The predicted octanol–water partition coefficient (Wildman–Crippen LogP) is 1.10. The van der Waals surface area contributed by atoms with Crippen molar-refractivity contribution in [3.8, 4) is 5.75 Å². The van der Waals surface area contributed by atoms with Crippen molar-refractivity contribution in [3.63, 3.8) is 0 Å². The maximum absolute atomic E-state index is 10.6. The Morgan fingerprint density at radius 2 is 2.27 bits per heavy atom. The van der Waals surface area contributed by atoms with E-state index in [0.29, 0.717) is 0 Å². The lowest BCUT2D eigenvalue weighted by atomic mass is 10.1. The van der Waals surface area contributed by atoms with Gasteiger partial charge in [0.2, 0.25) is 0 Å². The molecule has 1 aliphatic rings. The Kier molecular flexibility index (Phi) is 2.80. The number of ether oxygens (including phenoxy) is 1. The summed E-state index contributed by atoms with van der Waals surface area (Å²) in [5, 5.41) is 0. The maximum Gasteiger partial charge on any atom is 0.524 e. The highest BCUT2D eigenvalue weighted by Gasteiger charge is 2.23. The van der Waals surface area contributed by atoms with Crippen LogP contribution in [0.25, 0.3) is 0 Å². The zero-order chi connectivity index (χ0) is 10.9. The van der Waals surface area contributed by atoms with Gasteiger partial charge in [-0.1, -0.05) is 12.1 Å². The number of rotatable bonds is 4. The summed E-state index contributed by atoms with van der Waals surface area (Å²) in [7, 11) is -4.46. The molecule has 0 amide bonds. The van der Waals surface area contributed by atoms with E-state index in [0.717, 1.165) is 18.6 Å². The topological polar surface area (TPSA) is 79.3 Å². The van der Waals surface area contributed by atoms with Crippen LogP contribution in [0.15, 0.2) is 24.3 Å². The molecule has 1 aromatic rings. The van der Waals surface area contributed by atoms with E-state index in [1.807, 2.05) is 6.07 Å². The van der Waals surface area contributed by atoms with Crippen LogP contribution in [0.3, 0.4) is 0 Å². The molecule has 6 heteroatoms. The van der Waals surface area contributed by atoms with Gasteiger partial charge in [0.05, 0.1) is 12.7 Å². The Morgan fingerprint density at radius 3 is 2.87 bits per heavy atom. The van der Waals surface area contributed by atoms with Gasteiger partial charge in [0.25, 0.3) is 0 Å². The summed E-state index contributed by atoms with van der Waals surface area (Å²) in [6, 6.07) is 6.69. The molecular weight excluding hydrogens is 219 g/mol. The third-order valence-corrected chi connectivity index (χ3v) is 2.44. The van der Waals surface area contributed by atoms with Crippen molar-refractivity contribution in [2.45, 2.75) is 12.5 Å². The zero-order valence-electron chi connectivity index (χ0n) is 7.87. The van der Waals surface area contributed by atoms with Crippen LogP contribution in [0.4, 0.5) is 0 Å². The van der Waals surface area contributed by atoms with Crippen molar-refractivity contribution in [1.29, 1.82) is 0 Å². The smallest absolute Gasteiger partial charge is 0.404 e. The van der Waals surface area contributed by atoms with Crippen LogP contribution in [0, 0.1) is 0 Å². The van der Waals surface area contributed by atoms with Gasteiger partial charge < -0.3 is 9.26 Å². The van der Waals surface area contributed by atoms with Crippen LogP contribution >= 0.6 is 7.82 Å². The molecule has 1 aliphatic heterocycles. The third kappa shape index (κ3) is 3.64. The predicted molar refractivity (Wildman–Crippen MR) is 52.6 cm³/mol. The number of phosphoric acid groups is 1. The second kappa shape index (κ2) is 3.94. The Labute approximate surface area is 86.9 Å². The molecule has 0 saturated carbocycles. The van der Waals surface area contributed by atoms with E-state index in [4.69, 9.17) is 14.5 Å². The molecule has 2 N–H and O–H groups in total. The van der Waals surface area contributed by atoms with Gasteiger partial charge in [-0.2, -0.15) is 0 Å². The van der Waals surface area contributed by atoms with Gasteiger partial charge in [0, 0.05) is 6.42 Å². The summed E-state index contributed by atoms with van der Waals surface area (Å²) < 4.78 is 20.1. The molecule has 0 aliphatic carbocycles. The van der Waals surface area contributed by atoms with Crippen molar-refractivity contribution in [2.24, 2.45) is 0 Å². The number of epoxide rings is 1. The van der Waals surface area contributed by atoms with Gasteiger partial charge in [0.1, 0.15) is 5.75 Å². The van der Waals surface area contributed by atoms with E-state index in [2.05, 4.69) is 4.52 Å². The lowest BCUT2D eigenvalue weighted by molar-refractivity contribution is 0.283. The SMILES string of the molecule is O=P(O)(O)Oc1cccc(CC2CO2)c1. The van der Waals surface area contributed by atoms with Crippen LogP contribution in [0.5, 0.6) is 5.75 Å². The molecule has 1 saturated heterocycles. The molecule has 0 spiro atoms. The molecule has 1 unspecified atom stereocenters. The van der Waals surface area contributed by atoms with E-state index in [-0.39, 0.29) is 11.9 Å². The lowest BCUT2D eigenvalue weighted by Crippen LogP contribution is -1.95. The lowest BCUT2D eigenvalue weighted by Gasteiger charge is -2.07. The zero-order valence-corrected chi connectivity index (χ0v) is 8.76. The van der Waals surface area contributed by atoms with Crippen LogP contribution in [-0.4, -0.2) is 22.5 Å². The average Bonchev–Trinajstić information content (AvgIpc) is 2.85. The molecule has 1 aromatic carbocycles. The fraction of sp³-hybridized carbons (Fsp3) is 0.333. The van der Waals surface area contributed by atoms with Gasteiger partial charge in [-0.05, 0) is 17.7 Å². The first-order valence-corrected chi connectivity index (χ1v) is 6.02. The second-order valence-electron chi connectivity index (χ2n) is 3.39. The Morgan fingerprint density at radius 1 is 1.53 bits per heavy atom. The molecule has 1 atom stereocenters. The molecule has 1 fully saturated rings. The highest BCUT2D eigenvalue weighted by atomic mass is 31.2. The summed E-state index contributed by atoms with van der Waals surface area (Å²) in [5.74, 6) is 0.182. The molecule has 0 aromatic heterocycles. The largest absolute Gasteiger partial charge is 0.524 e. The molecule has 15 heavy (non-hydrogen) atoms. The van der Waals surface area contributed by atoms with E-state index < -0.39 is 7.82 Å². The van der Waals surface area contributed by atoms with E-state index >= 15 is 0 Å². The van der Waals surface area contributed by atoms with E-state index in [9.17, 15) is 4.57 Å². The first-order chi connectivity index (χ1) is 7.03. The molecule has 5 nitrogen and oxygen atoms in total. The normalized spacial score (nSPS) is 20.0. The highest BCUT2D eigenvalue weighted by Crippen LogP contribution is 2.37. The van der Waals surface area contributed by atoms with Crippen molar-refractivity contribution < 1.29 is 23.6 Å². The van der Waals surface area contributed by atoms with Gasteiger partial charge in [0.15, 0.2) is 0 Å². The second-order valence-corrected chi connectivity index (χ2v) is 4.55. The summed E-state index contributed by atoms with van der Waals surface area (Å²) in [5.41, 5.74) is 0.948. The van der Waals surface area contributed by atoms with Crippen LogP contribution in [-0.2, 0) is 15.7 Å². The number of hydrogen-bond acceptors (Lipinski definition) is 3. The van der Waals surface area contributed by atoms with Gasteiger partial charge in [-0.25, -0.2) is 4.57 Å². The number of phosphoric ester groups is 1. The van der Waals surface area contributed by atoms with Crippen LogP contribution in [0.1, 0.15) is 5.56 Å². The average molecular weight is 230 g/mol. The fourth-order valence-corrected chi connectivity index (χ4v) is 1.70. The maximum atomic E-state index is 10.6. The minimum atomic E-state index is -4.46. The molecule has 82 valence electrons. The highest BCUT2D eigenvalue weighted by molar-refractivity contribution is 7.46. The van der Waals surface area contributed by atoms with E-state index in [1.165, 1.54) is 6.07 Å². The molecule has 2 rings (SSSR count). The molecule has 0 bridgehead atoms.